The number of benzene rings is 14. The fourth-order valence-corrected chi connectivity index (χ4v) is 23.5. The molecule has 18 aromatic rings. The Balaban J connectivity index is 0.000000121. The summed E-state index contributed by atoms with van der Waals surface area (Å²) in [6.07, 6.45) is 34.8. The Hall–Kier alpha value is -13.3. The monoisotopic (exact) mass is 1850 g/mol. The summed E-state index contributed by atoms with van der Waals surface area (Å²) in [6, 6.07) is 117. The number of hydrogen-bond donors (Lipinski definition) is 0. The van der Waals surface area contributed by atoms with Gasteiger partial charge in [0.1, 0.15) is 28.2 Å². The second kappa shape index (κ2) is 43.4. The van der Waals surface area contributed by atoms with Gasteiger partial charge in [-0.3, -0.25) is 0 Å². The van der Waals surface area contributed by atoms with E-state index in [-0.39, 0.29) is 0 Å². The molecule has 0 unspecified atom stereocenters. The molecule has 22 rings (SSSR count). The van der Waals surface area contributed by atoms with Gasteiger partial charge in [0.25, 0.3) is 0 Å². The van der Waals surface area contributed by atoms with Gasteiger partial charge in [-0.2, -0.15) is 0 Å². The molecule has 4 heteroatoms. The van der Waals surface area contributed by atoms with Crippen molar-refractivity contribution in [2.45, 2.75) is 240 Å². The van der Waals surface area contributed by atoms with Gasteiger partial charge in [0, 0.05) is 71.5 Å². The smallest absolute Gasteiger partial charge is 0.201 e. The third kappa shape index (κ3) is 21.7. The molecule has 0 atom stereocenters. The third-order valence-corrected chi connectivity index (χ3v) is 31.9. The van der Waals surface area contributed by atoms with Gasteiger partial charge in [-0.05, 0) is 337 Å². The van der Waals surface area contributed by atoms with E-state index in [0.717, 1.165) is 56.6 Å². The highest BCUT2D eigenvalue weighted by Crippen LogP contribution is 2.46. The van der Waals surface area contributed by atoms with E-state index in [4.69, 9.17) is 2.74 Å². The first-order valence-electron chi connectivity index (χ1n) is 53.9. The number of aromatic nitrogens is 4. The minimum Gasteiger partial charge on any atom is -0.201 e. The predicted octanol–water partition coefficient (Wildman–Crippen LogP) is 36.0. The van der Waals surface area contributed by atoms with E-state index < -0.39 is 11.8 Å². The summed E-state index contributed by atoms with van der Waals surface area (Å²) >= 11 is 0. The lowest BCUT2D eigenvalue weighted by Crippen LogP contribution is -2.32. The largest absolute Gasteiger partial charge is 0.213 e. The van der Waals surface area contributed by atoms with E-state index in [9.17, 15) is 0 Å². The van der Waals surface area contributed by atoms with Crippen LogP contribution < -0.4 is 18.3 Å². The van der Waals surface area contributed by atoms with Crippen LogP contribution in [0.4, 0.5) is 0 Å². The van der Waals surface area contributed by atoms with Crippen molar-refractivity contribution in [1.29, 1.82) is 0 Å². The van der Waals surface area contributed by atoms with E-state index in [0.29, 0.717) is 17.8 Å². The van der Waals surface area contributed by atoms with Crippen LogP contribution in [0.15, 0.2) is 340 Å². The number of nitrogens with zero attached hydrogens (tertiary/aromatic N) is 4. The Kier molecular flexibility index (Phi) is 29.0. The minimum atomic E-state index is -0.722. The molecule has 4 aliphatic rings. The van der Waals surface area contributed by atoms with Crippen LogP contribution in [0.25, 0.3) is 155 Å². The van der Waals surface area contributed by atoms with Gasteiger partial charge in [-0.1, -0.05) is 348 Å². The molecule has 0 bridgehead atoms. The fourth-order valence-electron chi connectivity index (χ4n) is 23.5. The highest BCUT2D eigenvalue weighted by atomic mass is 14.9. The second-order valence-electron chi connectivity index (χ2n) is 42.6. The quantitative estimate of drug-likeness (QED) is 0.0808. The average Bonchev–Trinajstić information content (AvgIpc) is 1.15. The van der Waals surface area contributed by atoms with E-state index >= 15 is 0 Å². The Bertz CT molecular complexity index is 7660. The van der Waals surface area contributed by atoms with Crippen LogP contribution in [0.5, 0.6) is 0 Å². The third-order valence-electron chi connectivity index (χ3n) is 31.9. The minimum absolute atomic E-state index is 0.553. The van der Waals surface area contributed by atoms with Gasteiger partial charge in [-0.25, -0.2) is 18.3 Å². The van der Waals surface area contributed by atoms with Crippen molar-refractivity contribution in [2.75, 3.05) is 0 Å². The van der Waals surface area contributed by atoms with Gasteiger partial charge in [0.15, 0.2) is 24.8 Å². The summed E-state index contributed by atoms with van der Waals surface area (Å²) in [4.78, 5) is 0. The van der Waals surface area contributed by atoms with Crippen molar-refractivity contribution in [2.24, 2.45) is 28.2 Å². The Morgan fingerprint density at radius 2 is 0.482 bits per heavy atom. The Morgan fingerprint density at radius 3 is 0.809 bits per heavy atom. The topological polar surface area (TPSA) is 15.5 Å². The molecule has 0 amide bonds. The van der Waals surface area contributed by atoms with Crippen molar-refractivity contribution in [1.82, 2.24) is 0 Å². The van der Waals surface area contributed by atoms with Gasteiger partial charge in [0.2, 0.25) is 22.8 Å². The number of pyridine rings is 4. The first-order chi connectivity index (χ1) is 69.2. The van der Waals surface area contributed by atoms with E-state index in [1.807, 2.05) is 27.7 Å². The molecule has 14 aromatic carbocycles. The molecule has 0 radical (unpaired) electrons. The summed E-state index contributed by atoms with van der Waals surface area (Å²) in [5, 5.41) is 10.2. The maximum atomic E-state index is 8.93. The average molecular weight is 1850 g/mol. The number of aryl methyl sites for hydroxylation is 9. The van der Waals surface area contributed by atoms with Crippen LogP contribution in [-0.4, -0.2) is 0 Å². The summed E-state index contributed by atoms with van der Waals surface area (Å²) in [6.45, 7) is 23.4. The maximum Gasteiger partial charge on any atom is 0.213 e. The van der Waals surface area contributed by atoms with E-state index in [2.05, 4.69) is 435 Å². The first-order valence-corrected chi connectivity index (χ1v) is 52.9. The number of hydrogen-bond acceptors (Lipinski definition) is 0. The molecule has 0 aliphatic heterocycles. The van der Waals surface area contributed by atoms with Crippen LogP contribution in [0, 0.1) is 34.6 Å². The molecule has 0 N–H and O–H groups in total. The lowest BCUT2D eigenvalue weighted by atomic mass is 9.81. The summed E-state index contributed by atoms with van der Waals surface area (Å²) in [5.74, 6) is 1.92. The highest BCUT2D eigenvalue weighted by Gasteiger charge is 2.31. The van der Waals surface area contributed by atoms with E-state index in [1.165, 1.54) is 299 Å². The van der Waals surface area contributed by atoms with Crippen LogP contribution >= 0.6 is 0 Å². The van der Waals surface area contributed by atoms with Gasteiger partial charge in [0.05, 0.1) is 0 Å². The Labute approximate surface area is 844 Å². The van der Waals surface area contributed by atoms with Crippen LogP contribution in [0.2, 0.25) is 0 Å². The standard InChI is InChI=1S/C38H40N.C37H38N.C32H36N.C30H32N/c1-26(2)37-25-39(4)38(35-13-9-8-10-27(35)3)24-36(37)34-21-20-32-22-31(18-19-33(32)23-34)30-16-14-29(15-17-30)28-11-6-5-7-12-28;1-25(2)36-24-38(4)37(34-12-8-5-9-26(34)3)23-35(36)33-20-19-31-21-30(17-18-32(31)22-33)29-15-13-28(14-16-29)27-10-6-7-11-27;1-22(2)25-14-15-27-19-28(17-16-26(27)18-25)30-20-32(29-13-9-8-10-23(29)3)33(4)21-31(30)24-11-6-5-7-12-24;1-21-13-14-25-18-26(16-15-24(25)17-21)28-19-30(27-12-8-7-9-22(27)2)31(3)20-29(28)23-10-5-4-6-11-23/h8-10,13-26,28H,5-7,11-12H2,1-4H3;5,8-9,12-25,27H,6-7,10-11H2,1-4H3;8-10,13-22,24H,5-7,11-12H2,1-4H3;7-9,12-20,23H,4-6,10-11H2,1-3H3/q4*+1/i26D;25D;;. The lowest BCUT2D eigenvalue weighted by molar-refractivity contribution is -0.660. The zero-order valence-corrected chi connectivity index (χ0v) is 86.4. The molecule has 4 saturated carbocycles. The van der Waals surface area contributed by atoms with Crippen molar-refractivity contribution in [3.05, 3.63) is 407 Å². The Morgan fingerprint density at radius 1 is 0.227 bits per heavy atom. The predicted molar refractivity (Wildman–Crippen MR) is 599 cm³/mol. The summed E-state index contributed by atoms with van der Waals surface area (Å²) < 4.78 is 26.9. The summed E-state index contributed by atoms with van der Waals surface area (Å²) in [5.41, 5.74) is 41.1. The molecule has 710 valence electrons. The molecule has 4 aliphatic carbocycles. The molecule has 4 heterocycles. The molecular weight excluding hydrogens is 1700 g/mol. The molecule has 4 aromatic heterocycles. The molecule has 0 spiro atoms. The van der Waals surface area contributed by atoms with Crippen molar-refractivity contribution < 1.29 is 21.0 Å². The van der Waals surface area contributed by atoms with E-state index in [1.54, 1.807) is 0 Å². The van der Waals surface area contributed by atoms with Gasteiger partial charge in [-0.15, -0.1) is 0 Å². The van der Waals surface area contributed by atoms with Crippen molar-refractivity contribution in [3.8, 4) is 112 Å². The van der Waals surface area contributed by atoms with Crippen LogP contribution in [-0.2, 0) is 28.2 Å². The highest BCUT2D eigenvalue weighted by molar-refractivity contribution is 5.95. The number of fused-ring (bicyclic) bond motifs is 4. The lowest BCUT2D eigenvalue weighted by Gasteiger charge is -2.24. The molecule has 4 nitrogen and oxygen atoms in total. The summed E-state index contributed by atoms with van der Waals surface area (Å²) in [7, 11) is 8.60. The first kappa shape index (κ1) is 94.0. The molecule has 0 saturated heterocycles. The molecular formula is C137H146N4+4. The second-order valence-corrected chi connectivity index (χ2v) is 42.6. The number of rotatable bonds is 17. The normalized spacial score (nSPS) is 14.8. The van der Waals surface area contributed by atoms with Gasteiger partial charge >= 0.3 is 0 Å². The molecule has 4 fully saturated rings. The SMILES string of the molecule is Cc1ccc2cc(-c3cc(-c4ccccc4C)[n+](C)cc3C3CCCCC3)ccc2c1.Cc1ccccc1-c1cc(-c2ccc3cc(C(C)C)ccc3c2)c(C2CCCCC2)c[n+]1C.[2H]C(C)(C)c1c[n+](C)c(-c2ccccc2C)cc1-c1ccc2cc(-c3ccc(C4CCCC4)cc3)ccc2c1.[2H]C(C)(C)c1c[n+](C)c(-c2ccccc2C)cc1-c1ccc2cc(-c3ccc(C4CCCCC4)cc3)ccc2c1. The van der Waals surface area contributed by atoms with Crippen LogP contribution in [0.1, 0.15) is 274 Å². The zero-order valence-electron chi connectivity index (χ0n) is 88.4. The fraction of sp³-hybridized carbons (Fsp3) is 0.299. The zero-order chi connectivity index (χ0) is 99.3. The van der Waals surface area contributed by atoms with Crippen molar-refractivity contribution in [3.63, 3.8) is 0 Å². The van der Waals surface area contributed by atoms with Gasteiger partial charge < -0.3 is 0 Å². The van der Waals surface area contributed by atoms with Crippen LogP contribution in [0.3, 0.4) is 0 Å². The van der Waals surface area contributed by atoms with Crippen molar-refractivity contribution >= 4 is 43.1 Å². The molecule has 141 heavy (non-hydrogen) atoms. The maximum absolute atomic E-state index is 8.93.